The zero-order valence-corrected chi connectivity index (χ0v) is 22.6. The van der Waals surface area contributed by atoms with E-state index in [2.05, 4.69) is 15.3 Å². The van der Waals surface area contributed by atoms with Gasteiger partial charge in [0.05, 0.1) is 24.0 Å². The number of aromatic nitrogens is 6. The van der Waals surface area contributed by atoms with Crippen molar-refractivity contribution in [2.75, 3.05) is 16.3 Å². The molecule has 2 amide bonds. The van der Waals surface area contributed by atoms with Crippen molar-refractivity contribution in [3.05, 3.63) is 59.0 Å². The highest BCUT2D eigenvalue weighted by molar-refractivity contribution is 6.10. The molecule has 0 spiro atoms. The van der Waals surface area contributed by atoms with E-state index >= 15 is 0 Å². The van der Waals surface area contributed by atoms with Gasteiger partial charge in [-0.1, -0.05) is 6.92 Å². The third-order valence-electron chi connectivity index (χ3n) is 7.57. The predicted octanol–water partition coefficient (Wildman–Crippen LogP) is 4.24. The molecule has 5 heterocycles. The topological polar surface area (TPSA) is 102 Å². The Morgan fingerprint density at radius 2 is 1.77 bits per heavy atom. The minimum absolute atomic E-state index is 0.0533. The van der Waals surface area contributed by atoms with Crippen LogP contribution < -0.4 is 9.80 Å². The molecule has 0 atom stereocenters. The maximum atomic E-state index is 14.7. The lowest BCUT2D eigenvalue weighted by molar-refractivity contribution is -0.117. The van der Waals surface area contributed by atoms with Crippen molar-refractivity contribution in [2.24, 2.45) is 14.1 Å². The van der Waals surface area contributed by atoms with Gasteiger partial charge in [-0.2, -0.15) is 5.10 Å². The number of carbonyl (C=O) groups is 2. The number of alkyl halides is 2. The molecule has 0 unspecified atom stereocenters. The maximum absolute atomic E-state index is 14.7. The van der Waals surface area contributed by atoms with Gasteiger partial charge in [0.2, 0.25) is 5.91 Å². The van der Waals surface area contributed by atoms with Crippen LogP contribution in [0.1, 0.15) is 53.7 Å². The average Bonchev–Trinajstić information content (AvgIpc) is 3.70. The molecule has 2 aliphatic rings. The minimum atomic E-state index is -3.12. The van der Waals surface area contributed by atoms with E-state index < -0.39 is 11.8 Å². The van der Waals surface area contributed by atoms with E-state index in [0.717, 1.165) is 6.92 Å². The van der Waals surface area contributed by atoms with Gasteiger partial charge in [-0.25, -0.2) is 13.8 Å². The monoisotopic (exact) mass is 546 g/mol. The summed E-state index contributed by atoms with van der Waals surface area (Å²) < 4.78 is 32.8. The summed E-state index contributed by atoms with van der Waals surface area (Å²) in [4.78, 5) is 34.2. The van der Waals surface area contributed by atoms with Gasteiger partial charge in [0.25, 0.3) is 11.8 Å². The van der Waals surface area contributed by atoms with Gasteiger partial charge in [-0.15, -0.1) is 10.2 Å². The molecular weight excluding hydrogens is 518 g/mol. The number of carbonyl (C=O) groups excluding carboxylic acids is 2. The number of amides is 2. The lowest BCUT2D eigenvalue weighted by Crippen LogP contribution is -2.28. The smallest absolute Gasteiger partial charge is 0.270 e. The summed E-state index contributed by atoms with van der Waals surface area (Å²) in [5.41, 5.74) is 3.10. The van der Waals surface area contributed by atoms with Gasteiger partial charge in [0.15, 0.2) is 5.82 Å². The first kappa shape index (κ1) is 25.8. The zero-order chi connectivity index (χ0) is 28.3. The van der Waals surface area contributed by atoms with Crippen LogP contribution in [0.3, 0.4) is 0 Å². The van der Waals surface area contributed by atoms with Crippen LogP contribution in [0.15, 0.2) is 36.8 Å². The molecule has 12 heteroatoms. The Morgan fingerprint density at radius 3 is 2.40 bits per heavy atom. The van der Waals surface area contributed by atoms with Crippen LogP contribution in [-0.4, -0.2) is 47.9 Å². The number of hydrogen-bond donors (Lipinski definition) is 0. The number of anilines is 2. The molecule has 0 saturated carbocycles. The molecule has 1 fully saturated rings. The number of hydrogen-bond acceptors (Lipinski definition) is 6. The Balaban J connectivity index is 1.52. The third kappa shape index (κ3) is 4.14. The minimum Gasteiger partial charge on any atom is -0.317 e. The largest absolute Gasteiger partial charge is 0.317 e. The molecule has 6 rings (SSSR count). The molecule has 0 aliphatic carbocycles. The molecule has 1 saturated heterocycles. The van der Waals surface area contributed by atoms with E-state index in [4.69, 9.17) is 4.98 Å². The van der Waals surface area contributed by atoms with Crippen LogP contribution in [0.2, 0.25) is 0 Å². The summed E-state index contributed by atoms with van der Waals surface area (Å²) >= 11 is 0. The predicted molar refractivity (Wildman–Crippen MR) is 144 cm³/mol. The standard InChI is InChI=1S/C28H28F2N8O2/c1-5-16-9-18-20(21(10-16)28(2,29)30)14-38(27(18)40)23-12-17(11-22(33-23)37-8-6-7-24(37)39)25-19(13-32-36(25)4)26-34-31-15-35(26)3/h9-13,15H,5-8,14H2,1-4H3. The highest BCUT2D eigenvalue weighted by Crippen LogP contribution is 2.40. The lowest BCUT2D eigenvalue weighted by atomic mass is 9.95. The number of halogens is 2. The normalized spacial score (nSPS) is 15.4. The number of nitrogens with zero attached hydrogens (tertiary/aromatic N) is 8. The molecule has 40 heavy (non-hydrogen) atoms. The van der Waals surface area contributed by atoms with Crippen molar-refractivity contribution >= 4 is 23.5 Å². The van der Waals surface area contributed by atoms with Crippen molar-refractivity contribution in [3.8, 4) is 22.6 Å². The number of aryl methyl sites for hydroxylation is 3. The van der Waals surface area contributed by atoms with Crippen LogP contribution in [0.25, 0.3) is 22.6 Å². The summed E-state index contributed by atoms with van der Waals surface area (Å²) in [7, 11) is 3.61. The van der Waals surface area contributed by atoms with Crippen LogP contribution in [0.4, 0.5) is 20.4 Å². The van der Waals surface area contributed by atoms with Crippen molar-refractivity contribution in [1.29, 1.82) is 0 Å². The maximum Gasteiger partial charge on any atom is 0.270 e. The molecule has 0 radical (unpaired) electrons. The quantitative estimate of drug-likeness (QED) is 0.359. The summed E-state index contributed by atoms with van der Waals surface area (Å²) in [5, 5.41) is 12.6. The first-order valence-electron chi connectivity index (χ1n) is 13.1. The van der Waals surface area contributed by atoms with Crippen molar-refractivity contribution in [2.45, 2.75) is 45.6 Å². The highest BCUT2D eigenvalue weighted by Gasteiger charge is 2.38. The fourth-order valence-electron chi connectivity index (χ4n) is 5.53. The Labute approximate surface area is 229 Å². The number of benzene rings is 1. The molecular formula is C28H28F2N8O2. The van der Waals surface area contributed by atoms with Gasteiger partial charge >= 0.3 is 0 Å². The van der Waals surface area contributed by atoms with E-state index in [0.29, 0.717) is 65.4 Å². The van der Waals surface area contributed by atoms with Gasteiger partial charge in [-0.3, -0.25) is 24.1 Å². The van der Waals surface area contributed by atoms with Crippen LogP contribution in [-0.2, 0) is 37.8 Å². The molecule has 10 nitrogen and oxygen atoms in total. The van der Waals surface area contributed by atoms with E-state index in [-0.39, 0.29) is 29.4 Å². The van der Waals surface area contributed by atoms with Crippen molar-refractivity contribution < 1.29 is 18.4 Å². The van der Waals surface area contributed by atoms with Gasteiger partial charge in [0.1, 0.15) is 18.0 Å². The molecule has 206 valence electrons. The summed E-state index contributed by atoms with van der Waals surface area (Å²) in [6, 6.07) is 6.69. The van der Waals surface area contributed by atoms with Crippen LogP contribution >= 0.6 is 0 Å². The Bertz CT molecular complexity index is 1670. The van der Waals surface area contributed by atoms with Gasteiger partial charge < -0.3 is 4.57 Å². The second kappa shape index (κ2) is 9.32. The van der Waals surface area contributed by atoms with Gasteiger partial charge in [0, 0.05) is 50.7 Å². The summed E-state index contributed by atoms with van der Waals surface area (Å²) in [5.74, 6) is -2.34. The average molecular weight is 547 g/mol. The number of pyridine rings is 1. The lowest BCUT2D eigenvalue weighted by Gasteiger charge is -2.21. The number of fused-ring (bicyclic) bond motifs is 1. The molecule has 0 N–H and O–H groups in total. The fraction of sp³-hybridized carbons (Fsp3) is 0.357. The summed E-state index contributed by atoms with van der Waals surface area (Å²) in [6.45, 7) is 3.16. The van der Waals surface area contributed by atoms with E-state index in [1.807, 2.05) is 14.0 Å². The number of rotatable bonds is 6. The molecule has 3 aromatic heterocycles. The van der Waals surface area contributed by atoms with Crippen molar-refractivity contribution in [1.82, 2.24) is 29.5 Å². The van der Waals surface area contributed by atoms with Gasteiger partial charge in [-0.05, 0) is 48.2 Å². The molecule has 4 aromatic rings. The Kier molecular flexibility index (Phi) is 6.00. The van der Waals surface area contributed by atoms with E-state index in [1.54, 1.807) is 51.9 Å². The SMILES string of the molecule is CCc1cc2c(c(C(C)(F)F)c1)CN(c1cc(-c3c(-c4nncn4C)cnn3C)cc(N3CCCC3=O)n1)C2=O. The fourth-order valence-corrected chi connectivity index (χ4v) is 5.53. The van der Waals surface area contributed by atoms with E-state index in [1.165, 1.54) is 11.0 Å². The first-order chi connectivity index (χ1) is 19.1. The second-order valence-corrected chi connectivity index (χ2v) is 10.3. The van der Waals surface area contributed by atoms with E-state index in [9.17, 15) is 18.4 Å². The molecule has 0 bridgehead atoms. The highest BCUT2D eigenvalue weighted by atomic mass is 19.3. The van der Waals surface area contributed by atoms with Crippen molar-refractivity contribution in [3.63, 3.8) is 0 Å². The first-order valence-corrected chi connectivity index (χ1v) is 13.1. The summed E-state index contributed by atoms with van der Waals surface area (Å²) in [6.07, 6.45) is 4.88. The Hall–Kier alpha value is -4.48. The molecule has 2 aliphatic heterocycles. The van der Waals surface area contributed by atoms with Crippen LogP contribution in [0, 0.1) is 0 Å². The Morgan fingerprint density at radius 1 is 1.02 bits per heavy atom. The zero-order valence-electron chi connectivity index (χ0n) is 22.6. The third-order valence-corrected chi connectivity index (χ3v) is 7.57. The second-order valence-electron chi connectivity index (χ2n) is 10.3. The van der Waals surface area contributed by atoms with Crippen LogP contribution in [0.5, 0.6) is 0 Å². The molecule has 1 aromatic carbocycles.